The van der Waals surface area contributed by atoms with Gasteiger partial charge in [0.15, 0.2) is 0 Å². The zero-order valence-electron chi connectivity index (χ0n) is 9.00. The van der Waals surface area contributed by atoms with Gasteiger partial charge in [0.2, 0.25) is 0 Å². The van der Waals surface area contributed by atoms with E-state index < -0.39 is 0 Å². The summed E-state index contributed by atoms with van der Waals surface area (Å²) in [6.07, 6.45) is 2.77. The normalized spacial score (nSPS) is 21.2. The van der Waals surface area contributed by atoms with Crippen molar-refractivity contribution in [3.8, 4) is 0 Å². The lowest BCUT2D eigenvalue weighted by atomic mass is 10.3. The fourth-order valence-electron chi connectivity index (χ4n) is 1.90. The monoisotopic (exact) mass is 185 g/mol. The van der Waals surface area contributed by atoms with Crippen molar-refractivity contribution in [2.24, 2.45) is 5.73 Å². The van der Waals surface area contributed by atoms with Crippen LogP contribution in [0.5, 0.6) is 0 Å². The number of nitrogens with zero attached hydrogens (tertiary/aromatic N) is 2. The summed E-state index contributed by atoms with van der Waals surface area (Å²) < 4.78 is 0. The number of hydrogen-bond acceptors (Lipinski definition) is 3. The van der Waals surface area contributed by atoms with Gasteiger partial charge in [-0.15, -0.1) is 0 Å². The third-order valence-corrected chi connectivity index (χ3v) is 2.60. The molecule has 3 heteroatoms. The minimum Gasteiger partial charge on any atom is -0.327 e. The second-order valence-corrected chi connectivity index (χ2v) is 4.29. The van der Waals surface area contributed by atoms with Crippen LogP contribution in [0, 0.1) is 0 Å². The zero-order valence-corrected chi connectivity index (χ0v) is 9.00. The smallest absolute Gasteiger partial charge is 0.0139 e. The average Bonchev–Trinajstić information content (AvgIpc) is 2.51. The van der Waals surface area contributed by atoms with Crippen LogP contribution in [0.25, 0.3) is 0 Å². The van der Waals surface area contributed by atoms with Crippen molar-refractivity contribution in [2.75, 3.05) is 39.8 Å². The summed E-state index contributed by atoms with van der Waals surface area (Å²) in [6.45, 7) is 8.03. The summed E-state index contributed by atoms with van der Waals surface area (Å²) in [5.41, 5.74) is 5.72. The van der Waals surface area contributed by atoms with Crippen LogP contribution in [-0.4, -0.2) is 55.6 Å². The second kappa shape index (κ2) is 5.58. The predicted octanol–water partition coefficient (Wildman–Crippen LogP) is 0.361. The van der Waals surface area contributed by atoms with Gasteiger partial charge < -0.3 is 15.5 Å². The van der Waals surface area contributed by atoms with E-state index in [1.165, 1.54) is 32.5 Å². The molecule has 1 rings (SSSR count). The molecular weight excluding hydrogens is 162 g/mol. The SMILES string of the molecule is CC(N)CN(C)CCN1CCCC1. The molecule has 1 atom stereocenters. The van der Waals surface area contributed by atoms with Crippen molar-refractivity contribution in [2.45, 2.75) is 25.8 Å². The van der Waals surface area contributed by atoms with Crippen LogP contribution in [0.4, 0.5) is 0 Å². The average molecular weight is 185 g/mol. The van der Waals surface area contributed by atoms with E-state index in [0.29, 0.717) is 6.04 Å². The topological polar surface area (TPSA) is 32.5 Å². The van der Waals surface area contributed by atoms with Crippen molar-refractivity contribution < 1.29 is 0 Å². The molecule has 13 heavy (non-hydrogen) atoms. The number of nitrogens with two attached hydrogens (primary N) is 1. The Morgan fingerprint density at radius 2 is 2.00 bits per heavy atom. The molecule has 1 heterocycles. The Hall–Kier alpha value is -0.120. The van der Waals surface area contributed by atoms with Crippen molar-refractivity contribution in [1.82, 2.24) is 9.80 Å². The second-order valence-electron chi connectivity index (χ2n) is 4.29. The minimum absolute atomic E-state index is 0.295. The van der Waals surface area contributed by atoms with Gasteiger partial charge in [0, 0.05) is 25.7 Å². The van der Waals surface area contributed by atoms with Crippen molar-refractivity contribution >= 4 is 0 Å². The third-order valence-electron chi connectivity index (χ3n) is 2.60. The minimum atomic E-state index is 0.295. The highest BCUT2D eigenvalue weighted by atomic mass is 15.2. The van der Waals surface area contributed by atoms with Gasteiger partial charge >= 0.3 is 0 Å². The van der Waals surface area contributed by atoms with Gasteiger partial charge in [0.1, 0.15) is 0 Å². The van der Waals surface area contributed by atoms with Crippen LogP contribution in [0.1, 0.15) is 19.8 Å². The van der Waals surface area contributed by atoms with Gasteiger partial charge in [0.05, 0.1) is 0 Å². The van der Waals surface area contributed by atoms with Crippen molar-refractivity contribution in [1.29, 1.82) is 0 Å². The molecule has 1 unspecified atom stereocenters. The van der Waals surface area contributed by atoms with E-state index in [-0.39, 0.29) is 0 Å². The Kier molecular flexibility index (Phi) is 4.70. The molecule has 0 aromatic rings. The molecule has 1 saturated heterocycles. The Labute approximate surface area is 81.9 Å². The van der Waals surface area contributed by atoms with Gasteiger partial charge in [-0.25, -0.2) is 0 Å². The largest absolute Gasteiger partial charge is 0.327 e. The summed E-state index contributed by atoms with van der Waals surface area (Å²) in [6, 6.07) is 0.295. The van der Waals surface area contributed by atoms with E-state index in [9.17, 15) is 0 Å². The van der Waals surface area contributed by atoms with Crippen molar-refractivity contribution in [3.63, 3.8) is 0 Å². The van der Waals surface area contributed by atoms with Crippen LogP contribution in [-0.2, 0) is 0 Å². The Morgan fingerprint density at radius 3 is 2.54 bits per heavy atom. The maximum atomic E-state index is 5.72. The quantitative estimate of drug-likeness (QED) is 0.671. The highest BCUT2D eigenvalue weighted by molar-refractivity contribution is 4.68. The van der Waals surface area contributed by atoms with Gasteiger partial charge in [-0.05, 0) is 39.9 Å². The molecule has 0 amide bonds. The molecule has 1 aliphatic rings. The van der Waals surface area contributed by atoms with Gasteiger partial charge in [-0.1, -0.05) is 0 Å². The lowest BCUT2D eigenvalue weighted by Crippen LogP contribution is -2.37. The molecule has 0 saturated carbocycles. The molecule has 2 N–H and O–H groups in total. The summed E-state index contributed by atoms with van der Waals surface area (Å²) in [4.78, 5) is 4.86. The first-order valence-corrected chi connectivity index (χ1v) is 5.35. The number of likely N-dealkylation sites (tertiary alicyclic amines) is 1. The lowest BCUT2D eigenvalue weighted by molar-refractivity contribution is 0.250. The number of likely N-dealkylation sites (N-methyl/N-ethyl adjacent to an activating group) is 1. The van der Waals surface area contributed by atoms with E-state index in [2.05, 4.69) is 23.8 Å². The summed E-state index contributed by atoms with van der Waals surface area (Å²) in [5, 5.41) is 0. The van der Waals surface area contributed by atoms with Crippen LogP contribution in [0.2, 0.25) is 0 Å². The lowest BCUT2D eigenvalue weighted by Gasteiger charge is -2.22. The maximum absolute atomic E-state index is 5.72. The number of hydrogen-bond donors (Lipinski definition) is 1. The summed E-state index contributed by atoms with van der Waals surface area (Å²) in [5.74, 6) is 0. The van der Waals surface area contributed by atoms with Gasteiger partial charge in [-0.3, -0.25) is 0 Å². The van der Waals surface area contributed by atoms with E-state index in [0.717, 1.165) is 13.1 Å². The molecule has 1 fully saturated rings. The van der Waals surface area contributed by atoms with Gasteiger partial charge in [0.25, 0.3) is 0 Å². The molecule has 0 aromatic heterocycles. The van der Waals surface area contributed by atoms with E-state index in [1.807, 2.05) is 0 Å². The molecule has 0 aromatic carbocycles. The number of rotatable bonds is 5. The highest BCUT2D eigenvalue weighted by Crippen LogP contribution is 2.06. The van der Waals surface area contributed by atoms with Crippen LogP contribution >= 0.6 is 0 Å². The summed E-state index contributed by atoms with van der Waals surface area (Å²) in [7, 11) is 2.15. The first-order valence-electron chi connectivity index (χ1n) is 5.35. The van der Waals surface area contributed by atoms with Crippen LogP contribution in [0.15, 0.2) is 0 Å². The predicted molar refractivity (Wildman–Crippen MR) is 56.8 cm³/mol. The van der Waals surface area contributed by atoms with E-state index in [1.54, 1.807) is 0 Å². The third kappa shape index (κ3) is 4.60. The molecule has 78 valence electrons. The molecule has 0 bridgehead atoms. The Bertz CT molecular complexity index is 130. The van der Waals surface area contributed by atoms with Crippen LogP contribution in [0.3, 0.4) is 0 Å². The molecule has 3 nitrogen and oxygen atoms in total. The fraction of sp³-hybridized carbons (Fsp3) is 1.00. The first kappa shape index (κ1) is 11.0. The van der Waals surface area contributed by atoms with E-state index in [4.69, 9.17) is 5.73 Å². The summed E-state index contributed by atoms with van der Waals surface area (Å²) >= 11 is 0. The first-order chi connectivity index (χ1) is 6.18. The molecule has 0 radical (unpaired) electrons. The fourth-order valence-corrected chi connectivity index (χ4v) is 1.90. The zero-order chi connectivity index (χ0) is 9.68. The molecule has 0 spiro atoms. The van der Waals surface area contributed by atoms with Crippen LogP contribution < -0.4 is 5.73 Å². The molecule has 1 aliphatic heterocycles. The maximum Gasteiger partial charge on any atom is 0.0139 e. The Balaban J connectivity index is 2.03. The molecule has 0 aliphatic carbocycles. The molecular formula is C10H23N3. The van der Waals surface area contributed by atoms with E-state index >= 15 is 0 Å². The highest BCUT2D eigenvalue weighted by Gasteiger charge is 2.11. The van der Waals surface area contributed by atoms with Gasteiger partial charge in [-0.2, -0.15) is 0 Å². The van der Waals surface area contributed by atoms with Crippen molar-refractivity contribution in [3.05, 3.63) is 0 Å². The Morgan fingerprint density at radius 1 is 1.38 bits per heavy atom. The standard InChI is InChI=1S/C10H23N3/c1-10(11)9-12(2)7-8-13-5-3-4-6-13/h10H,3-9,11H2,1-2H3.